The fraction of sp³-hybridized carbons (Fsp3) is 0.571. The predicted molar refractivity (Wildman–Crippen MR) is 72.8 cm³/mol. The van der Waals surface area contributed by atoms with Crippen LogP contribution in [0.3, 0.4) is 0 Å². The first kappa shape index (κ1) is 14.0. The number of hydrogen-bond donors (Lipinski definition) is 1. The molecule has 0 bridgehead atoms. The van der Waals surface area contributed by atoms with E-state index in [1.54, 1.807) is 6.20 Å². The summed E-state index contributed by atoms with van der Waals surface area (Å²) in [6.45, 7) is 4.71. The molecular weight excluding hydrogens is 242 g/mol. The summed E-state index contributed by atoms with van der Waals surface area (Å²) in [6, 6.07) is 4.51. The Bertz CT molecular complexity index is 424. The maximum absolute atomic E-state index is 10.9. The van der Waals surface area contributed by atoms with E-state index in [0.717, 1.165) is 19.6 Å². The number of carbonyl (C=O) groups is 1. The minimum Gasteiger partial charge on any atom is -0.481 e. The number of pyridine rings is 1. The van der Waals surface area contributed by atoms with Crippen molar-refractivity contribution in [3.05, 3.63) is 30.1 Å². The summed E-state index contributed by atoms with van der Waals surface area (Å²) in [5.74, 6) is -0.729. The minimum atomic E-state index is -0.729. The fourth-order valence-corrected chi connectivity index (χ4v) is 2.64. The van der Waals surface area contributed by atoms with E-state index in [1.165, 1.54) is 5.56 Å². The Hall–Kier alpha value is -1.46. The summed E-state index contributed by atoms with van der Waals surface area (Å²) >= 11 is 0. The molecule has 5 heteroatoms. The molecule has 1 fully saturated rings. The van der Waals surface area contributed by atoms with Crippen LogP contribution in [0.1, 0.15) is 18.9 Å². The molecule has 2 heterocycles. The van der Waals surface area contributed by atoms with Gasteiger partial charge in [-0.1, -0.05) is 6.07 Å². The second kappa shape index (κ2) is 6.12. The van der Waals surface area contributed by atoms with Crippen LogP contribution < -0.4 is 0 Å². The van der Waals surface area contributed by atoms with Crippen LogP contribution in [-0.2, 0) is 11.3 Å². The van der Waals surface area contributed by atoms with Crippen molar-refractivity contribution in [3.63, 3.8) is 0 Å². The Kier molecular flexibility index (Phi) is 4.50. The van der Waals surface area contributed by atoms with Gasteiger partial charge in [-0.15, -0.1) is 0 Å². The zero-order valence-electron chi connectivity index (χ0n) is 11.5. The number of rotatable bonds is 4. The summed E-state index contributed by atoms with van der Waals surface area (Å²) in [5, 5.41) is 8.97. The summed E-state index contributed by atoms with van der Waals surface area (Å²) in [4.78, 5) is 19.5. The topological polar surface area (TPSA) is 56.7 Å². The smallest absolute Gasteiger partial charge is 0.304 e. The lowest BCUT2D eigenvalue weighted by Gasteiger charge is -2.43. The lowest BCUT2D eigenvalue weighted by molar-refractivity contribution is -0.139. The van der Waals surface area contributed by atoms with Crippen molar-refractivity contribution >= 4 is 5.97 Å². The van der Waals surface area contributed by atoms with E-state index in [-0.39, 0.29) is 12.5 Å². The van der Waals surface area contributed by atoms with E-state index in [4.69, 9.17) is 5.11 Å². The van der Waals surface area contributed by atoms with Gasteiger partial charge in [-0.2, -0.15) is 0 Å². The minimum absolute atomic E-state index is 0.0883. The molecule has 1 aliphatic rings. The van der Waals surface area contributed by atoms with Crippen molar-refractivity contribution in [3.8, 4) is 0 Å². The van der Waals surface area contributed by atoms with Gasteiger partial charge in [0, 0.05) is 44.1 Å². The number of carboxylic acid groups (broad SMARTS) is 1. The van der Waals surface area contributed by atoms with Gasteiger partial charge in [-0.25, -0.2) is 0 Å². The van der Waals surface area contributed by atoms with Gasteiger partial charge in [0.25, 0.3) is 0 Å². The number of hydrogen-bond acceptors (Lipinski definition) is 4. The van der Waals surface area contributed by atoms with Crippen LogP contribution in [0.4, 0.5) is 0 Å². The van der Waals surface area contributed by atoms with E-state index < -0.39 is 5.97 Å². The van der Waals surface area contributed by atoms with Crippen molar-refractivity contribution in [2.24, 2.45) is 0 Å². The van der Waals surface area contributed by atoms with Crippen LogP contribution in [0.2, 0.25) is 0 Å². The molecule has 2 rings (SSSR count). The number of carboxylic acids is 1. The second-order valence-corrected chi connectivity index (χ2v) is 5.33. The van der Waals surface area contributed by atoms with Crippen LogP contribution in [0.5, 0.6) is 0 Å². The summed E-state index contributed by atoms with van der Waals surface area (Å²) < 4.78 is 0. The average Bonchev–Trinajstić information content (AvgIpc) is 2.36. The van der Waals surface area contributed by atoms with Gasteiger partial charge in [0.05, 0.1) is 6.42 Å². The molecule has 1 aromatic rings. The van der Waals surface area contributed by atoms with Crippen LogP contribution in [0.15, 0.2) is 24.5 Å². The van der Waals surface area contributed by atoms with Crippen molar-refractivity contribution in [2.45, 2.75) is 32.0 Å². The lowest BCUT2D eigenvalue weighted by atomic mass is 10.0. The Morgan fingerprint density at radius 3 is 2.95 bits per heavy atom. The summed E-state index contributed by atoms with van der Waals surface area (Å²) in [5.41, 5.74) is 1.17. The van der Waals surface area contributed by atoms with Crippen LogP contribution in [0, 0.1) is 0 Å². The van der Waals surface area contributed by atoms with Gasteiger partial charge in [0.2, 0.25) is 0 Å². The summed E-state index contributed by atoms with van der Waals surface area (Å²) in [7, 11) is 2.01. The van der Waals surface area contributed by atoms with Crippen LogP contribution >= 0.6 is 0 Å². The first-order valence-corrected chi connectivity index (χ1v) is 6.61. The Morgan fingerprint density at radius 1 is 1.53 bits per heavy atom. The molecule has 0 spiro atoms. The van der Waals surface area contributed by atoms with Gasteiger partial charge in [0.1, 0.15) is 0 Å². The molecule has 0 radical (unpaired) electrons. The number of aromatic nitrogens is 1. The number of nitrogens with zero attached hydrogens (tertiary/aromatic N) is 3. The first-order chi connectivity index (χ1) is 9.06. The Balaban J connectivity index is 2.01. The van der Waals surface area contributed by atoms with Crippen molar-refractivity contribution in [1.82, 2.24) is 14.8 Å². The molecule has 1 aliphatic heterocycles. The molecule has 0 aromatic carbocycles. The lowest BCUT2D eigenvalue weighted by Crippen LogP contribution is -2.55. The second-order valence-electron chi connectivity index (χ2n) is 5.33. The SMILES string of the molecule is CC1CN(C)C(CC(=O)O)CN1Cc1cccnc1. The third-order valence-corrected chi connectivity index (χ3v) is 3.76. The molecular formula is C14H21N3O2. The highest BCUT2D eigenvalue weighted by atomic mass is 16.4. The van der Waals surface area contributed by atoms with Gasteiger partial charge >= 0.3 is 5.97 Å². The maximum Gasteiger partial charge on any atom is 0.304 e. The molecule has 1 N–H and O–H groups in total. The van der Waals surface area contributed by atoms with E-state index in [9.17, 15) is 4.79 Å². The molecule has 2 unspecified atom stereocenters. The maximum atomic E-state index is 10.9. The molecule has 104 valence electrons. The number of piperazine rings is 1. The van der Waals surface area contributed by atoms with Gasteiger partial charge in [-0.05, 0) is 25.6 Å². The van der Waals surface area contributed by atoms with E-state index in [2.05, 4.69) is 27.8 Å². The molecule has 2 atom stereocenters. The molecule has 0 saturated carbocycles. The monoisotopic (exact) mass is 263 g/mol. The normalized spacial score (nSPS) is 25.4. The molecule has 5 nitrogen and oxygen atoms in total. The Labute approximate surface area is 113 Å². The van der Waals surface area contributed by atoms with Gasteiger partial charge in [0.15, 0.2) is 0 Å². The third-order valence-electron chi connectivity index (χ3n) is 3.76. The zero-order valence-corrected chi connectivity index (χ0v) is 11.5. The van der Waals surface area contributed by atoms with Crippen molar-refractivity contribution in [1.29, 1.82) is 0 Å². The molecule has 1 aromatic heterocycles. The van der Waals surface area contributed by atoms with Crippen molar-refractivity contribution in [2.75, 3.05) is 20.1 Å². The molecule has 1 saturated heterocycles. The molecule has 0 amide bonds. The third kappa shape index (κ3) is 3.75. The van der Waals surface area contributed by atoms with E-state index >= 15 is 0 Å². The quantitative estimate of drug-likeness (QED) is 0.880. The number of aliphatic carboxylic acids is 1. The predicted octanol–water partition coefficient (Wildman–Crippen LogP) is 1.06. The van der Waals surface area contributed by atoms with E-state index in [0.29, 0.717) is 6.04 Å². The first-order valence-electron chi connectivity index (χ1n) is 6.61. The highest BCUT2D eigenvalue weighted by Crippen LogP contribution is 2.18. The Morgan fingerprint density at radius 2 is 2.32 bits per heavy atom. The molecule has 0 aliphatic carbocycles. The van der Waals surface area contributed by atoms with Gasteiger partial charge in [-0.3, -0.25) is 14.7 Å². The average molecular weight is 263 g/mol. The summed E-state index contributed by atoms with van der Waals surface area (Å²) in [6.07, 6.45) is 3.84. The van der Waals surface area contributed by atoms with E-state index in [1.807, 2.05) is 19.3 Å². The number of likely N-dealkylation sites (N-methyl/N-ethyl adjacent to an activating group) is 1. The largest absolute Gasteiger partial charge is 0.481 e. The van der Waals surface area contributed by atoms with Crippen molar-refractivity contribution < 1.29 is 9.90 Å². The van der Waals surface area contributed by atoms with Crippen LogP contribution in [0.25, 0.3) is 0 Å². The van der Waals surface area contributed by atoms with Crippen LogP contribution in [-0.4, -0.2) is 58.1 Å². The standard InChI is InChI=1S/C14H21N3O2/c1-11-8-16(2)13(6-14(18)19)10-17(11)9-12-4-3-5-15-7-12/h3-5,7,11,13H,6,8-10H2,1-2H3,(H,18,19). The fourth-order valence-electron chi connectivity index (χ4n) is 2.64. The zero-order chi connectivity index (χ0) is 13.8. The molecule has 19 heavy (non-hydrogen) atoms. The highest BCUT2D eigenvalue weighted by molar-refractivity contribution is 5.67. The highest BCUT2D eigenvalue weighted by Gasteiger charge is 2.30. The van der Waals surface area contributed by atoms with Gasteiger partial charge < -0.3 is 10.0 Å².